The Balaban J connectivity index is 1.69. The number of hydrogen-bond donors (Lipinski definition) is 1. The van der Waals surface area contributed by atoms with E-state index in [0.717, 1.165) is 4.90 Å². The van der Waals surface area contributed by atoms with Gasteiger partial charge in [0, 0.05) is 24.3 Å². The van der Waals surface area contributed by atoms with Crippen molar-refractivity contribution in [3.63, 3.8) is 0 Å². The van der Waals surface area contributed by atoms with Crippen LogP contribution in [0, 0.1) is 13.7 Å². The van der Waals surface area contributed by atoms with Crippen molar-refractivity contribution in [2.75, 3.05) is 25.7 Å². The molecule has 4 rings (SSSR count). The fraction of sp³-hybridized carbons (Fsp3) is 0.179. The smallest absolute Gasteiger partial charge is 0.336 e. The first-order chi connectivity index (χ1) is 20.1. The molecule has 3 aromatic carbocycles. The van der Waals surface area contributed by atoms with Crippen LogP contribution in [-0.4, -0.2) is 43.6 Å². The minimum absolute atomic E-state index is 0.0223. The van der Waals surface area contributed by atoms with Crippen molar-refractivity contribution in [1.29, 1.82) is 0 Å². The normalized spacial score (nSPS) is 14.1. The van der Waals surface area contributed by atoms with Gasteiger partial charge in [0.05, 0.1) is 40.0 Å². The third-order valence-electron chi connectivity index (χ3n) is 5.94. The second-order valence-corrected chi connectivity index (χ2v) is 10.2. The molecule has 1 aliphatic heterocycles. The Morgan fingerprint density at radius 2 is 1.76 bits per heavy atom. The van der Waals surface area contributed by atoms with Gasteiger partial charge < -0.3 is 18.9 Å². The molecule has 1 heterocycles. The molecule has 1 N–H and O–H groups in total. The second kappa shape index (κ2) is 13.1. The largest absolute Gasteiger partial charge is 0.495 e. The lowest BCUT2D eigenvalue weighted by atomic mass is 10.1. The average molecular weight is 708 g/mol. The fourth-order valence-corrected chi connectivity index (χ4v) is 5.06. The Kier molecular flexibility index (Phi) is 9.52. The number of imide groups is 2. The number of halogens is 2. The summed E-state index contributed by atoms with van der Waals surface area (Å²) in [5.74, 6) is -0.795. The van der Waals surface area contributed by atoms with E-state index in [1.54, 1.807) is 31.2 Å². The van der Waals surface area contributed by atoms with E-state index in [0.29, 0.717) is 26.2 Å². The van der Waals surface area contributed by atoms with Gasteiger partial charge in [0.25, 0.3) is 17.5 Å². The van der Waals surface area contributed by atoms with Crippen LogP contribution in [0.5, 0.6) is 23.0 Å². The second-order valence-electron chi connectivity index (χ2n) is 8.60. The van der Waals surface area contributed by atoms with Crippen LogP contribution in [-0.2, 0) is 16.2 Å². The zero-order chi connectivity index (χ0) is 30.6. The van der Waals surface area contributed by atoms with E-state index in [4.69, 9.17) is 30.5 Å². The number of nitrogens with one attached hydrogen (secondary N) is 1. The monoisotopic (exact) mass is 707 g/mol. The van der Waals surface area contributed by atoms with Crippen LogP contribution >= 0.6 is 34.2 Å². The van der Waals surface area contributed by atoms with Gasteiger partial charge in [-0.15, -0.1) is 0 Å². The molecule has 1 fully saturated rings. The summed E-state index contributed by atoms with van der Waals surface area (Å²) >= 11 is 8.19. The number of nitrogens with zero attached hydrogens (tertiary/aromatic N) is 2. The number of methoxy groups -OCH3 is 2. The van der Waals surface area contributed by atoms with Crippen LogP contribution in [0.2, 0.25) is 5.02 Å². The minimum Gasteiger partial charge on any atom is -0.495 e. The number of carbonyl (C=O) groups is 3. The standard InChI is InChI=1S/C28H23ClIN3O9/c1-4-41-24-11-16(10-20(30)25(24)42-14-15-6-5-7-17(8-15)33(37)38)9-18-26(34)31-28(36)32(27(18)35)21-13-22(39-2)19(29)12-23(21)40-3/h5-13H,4,14H2,1-3H3,(H,31,34,36)/b18-9+. The zero-order valence-electron chi connectivity index (χ0n) is 22.4. The number of urea groups is 1. The number of carbonyl (C=O) groups excluding carboxylic acids is 3. The van der Waals surface area contributed by atoms with Crippen molar-refractivity contribution in [1.82, 2.24) is 5.32 Å². The predicted molar refractivity (Wildman–Crippen MR) is 161 cm³/mol. The molecule has 12 nitrogen and oxygen atoms in total. The van der Waals surface area contributed by atoms with Gasteiger partial charge in [-0.25, -0.2) is 9.69 Å². The number of benzene rings is 3. The summed E-state index contributed by atoms with van der Waals surface area (Å²) in [6.07, 6.45) is 1.33. The number of nitro groups is 1. The lowest BCUT2D eigenvalue weighted by Gasteiger charge is -2.28. The first-order valence-electron chi connectivity index (χ1n) is 12.2. The minimum atomic E-state index is -0.973. The van der Waals surface area contributed by atoms with E-state index in [2.05, 4.69) is 5.32 Å². The Morgan fingerprint density at radius 1 is 1.02 bits per heavy atom. The first kappa shape index (κ1) is 30.6. The van der Waals surface area contributed by atoms with Crippen molar-refractivity contribution in [2.45, 2.75) is 13.5 Å². The van der Waals surface area contributed by atoms with Gasteiger partial charge in [-0.1, -0.05) is 23.7 Å². The molecule has 42 heavy (non-hydrogen) atoms. The summed E-state index contributed by atoms with van der Waals surface area (Å²) in [6, 6.07) is 11.1. The van der Waals surface area contributed by atoms with E-state index < -0.39 is 22.8 Å². The maximum atomic E-state index is 13.5. The number of non-ortho nitro benzene ring substituents is 1. The maximum Gasteiger partial charge on any atom is 0.336 e. The highest BCUT2D eigenvalue weighted by Gasteiger charge is 2.38. The highest BCUT2D eigenvalue weighted by Crippen LogP contribution is 2.40. The third-order valence-corrected chi connectivity index (χ3v) is 7.04. The Labute approximate surface area is 258 Å². The summed E-state index contributed by atoms with van der Waals surface area (Å²) < 4.78 is 22.8. The van der Waals surface area contributed by atoms with Gasteiger partial charge in [0.15, 0.2) is 11.5 Å². The maximum absolute atomic E-state index is 13.5. The lowest BCUT2D eigenvalue weighted by Crippen LogP contribution is -2.54. The van der Waals surface area contributed by atoms with Crippen LogP contribution in [0.4, 0.5) is 16.2 Å². The molecular formula is C28H23ClIN3O9. The molecule has 0 spiro atoms. The molecule has 0 aromatic heterocycles. The molecular weight excluding hydrogens is 685 g/mol. The molecule has 0 bridgehead atoms. The molecule has 0 radical (unpaired) electrons. The third kappa shape index (κ3) is 6.41. The Bertz CT molecular complexity index is 1630. The van der Waals surface area contributed by atoms with E-state index in [1.165, 1.54) is 44.6 Å². The molecule has 3 aromatic rings. The molecule has 14 heteroatoms. The molecule has 4 amide bonds. The van der Waals surface area contributed by atoms with Crippen molar-refractivity contribution in [3.05, 3.63) is 83.9 Å². The van der Waals surface area contributed by atoms with E-state index in [1.807, 2.05) is 22.6 Å². The summed E-state index contributed by atoms with van der Waals surface area (Å²) in [5, 5.41) is 13.5. The highest BCUT2D eigenvalue weighted by atomic mass is 127. The summed E-state index contributed by atoms with van der Waals surface area (Å²) in [6.45, 7) is 2.09. The first-order valence-corrected chi connectivity index (χ1v) is 13.7. The molecule has 0 unspecified atom stereocenters. The lowest BCUT2D eigenvalue weighted by molar-refractivity contribution is -0.384. The number of nitro benzene ring substituents is 1. The van der Waals surface area contributed by atoms with Crippen LogP contribution in [0.25, 0.3) is 6.08 Å². The van der Waals surface area contributed by atoms with Gasteiger partial charge >= 0.3 is 6.03 Å². The number of anilines is 1. The Morgan fingerprint density at radius 3 is 2.43 bits per heavy atom. The molecule has 1 aliphatic rings. The van der Waals surface area contributed by atoms with Gasteiger partial charge in [0.2, 0.25) is 0 Å². The van der Waals surface area contributed by atoms with E-state index >= 15 is 0 Å². The van der Waals surface area contributed by atoms with Gasteiger partial charge in [-0.05, 0) is 58.9 Å². The van der Waals surface area contributed by atoms with Crippen LogP contribution in [0.15, 0.2) is 54.1 Å². The average Bonchev–Trinajstić information content (AvgIpc) is 2.95. The SMILES string of the molecule is CCOc1cc(/C=C2\C(=O)NC(=O)N(c3cc(OC)c(Cl)cc3OC)C2=O)cc(I)c1OCc1cccc([N+](=O)[O-])c1. The molecule has 218 valence electrons. The number of barbiturate groups is 1. The van der Waals surface area contributed by atoms with Crippen LogP contribution in [0.3, 0.4) is 0 Å². The van der Waals surface area contributed by atoms with Crippen molar-refractivity contribution in [2.24, 2.45) is 0 Å². The van der Waals surface area contributed by atoms with Crippen molar-refractivity contribution >= 4 is 69.5 Å². The number of hydrogen-bond acceptors (Lipinski definition) is 9. The number of ether oxygens (including phenoxy) is 4. The summed E-state index contributed by atoms with van der Waals surface area (Å²) in [5.41, 5.74) is 0.634. The quantitative estimate of drug-likeness (QED) is 0.0947. The van der Waals surface area contributed by atoms with E-state index in [9.17, 15) is 24.5 Å². The van der Waals surface area contributed by atoms with Gasteiger partial charge in [0.1, 0.15) is 23.7 Å². The molecule has 1 saturated heterocycles. The molecule has 0 atom stereocenters. The number of rotatable bonds is 10. The fourth-order valence-electron chi connectivity index (χ4n) is 4.05. The van der Waals surface area contributed by atoms with E-state index in [-0.39, 0.29) is 46.7 Å². The molecule has 0 aliphatic carbocycles. The van der Waals surface area contributed by atoms with Crippen molar-refractivity contribution < 1.29 is 38.3 Å². The van der Waals surface area contributed by atoms with Crippen LogP contribution < -0.4 is 29.2 Å². The molecule has 0 saturated carbocycles. The van der Waals surface area contributed by atoms with Gasteiger partial charge in [-0.2, -0.15) is 0 Å². The summed E-state index contributed by atoms with van der Waals surface area (Å²) in [7, 11) is 2.72. The predicted octanol–water partition coefficient (Wildman–Crippen LogP) is 5.51. The number of amides is 4. The highest BCUT2D eigenvalue weighted by molar-refractivity contribution is 14.1. The summed E-state index contributed by atoms with van der Waals surface area (Å²) in [4.78, 5) is 50.5. The topological polar surface area (TPSA) is 147 Å². The van der Waals surface area contributed by atoms with Crippen molar-refractivity contribution in [3.8, 4) is 23.0 Å². The Hall–Kier alpha value is -4.37. The zero-order valence-corrected chi connectivity index (χ0v) is 25.3. The van der Waals surface area contributed by atoms with Gasteiger partial charge in [-0.3, -0.25) is 25.0 Å². The van der Waals surface area contributed by atoms with Crippen LogP contribution in [0.1, 0.15) is 18.1 Å².